The van der Waals surface area contributed by atoms with Crippen LogP contribution < -0.4 is 0 Å². The Morgan fingerprint density at radius 2 is 0.968 bits per heavy atom. The van der Waals surface area contributed by atoms with E-state index in [1.54, 1.807) is 0 Å². The number of unbranched alkanes of at least 4 members (excludes halogenated alkanes) is 2. The van der Waals surface area contributed by atoms with Gasteiger partial charge in [0.1, 0.15) is 5.60 Å². The summed E-state index contributed by atoms with van der Waals surface area (Å²) in [5.41, 5.74) is 2.67. The van der Waals surface area contributed by atoms with E-state index in [9.17, 15) is 0 Å². The molecule has 3 rings (SSSR count). The summed E-state index contributed by atoms with van der Waals surface area (Å²) in [4.78, 5) is 0. The van der Waals surface area contributed by atoms with Crippen molar-refractivity contribution < 1.29 is 14.2 Å². The summed E-state index contributed by atoms with van der Waals surface area (Å²) < 4.78 is 18.0. The largest absolute Gasteiger partial charge is 0.382 e. The second-order valence-corrected chi connectivity index (χ2v) is 7.50. The minimum atomic E-state index is -0.676. The first-order chi connectivity index (χ1) is 15.4. The van der Waals surface area contributed by atoms with Crippen molar-refractivity contribution in [2.45, 2.75) is 31.8 Å². The second kappa shape index (κ2) is 13.1. The highest BCUT2D eigenvalue weighted by Crippen LogP contribution is 2.40. The Kier molecular flexibility index (Phi) is 9.78. The molecule has 3 aromatic rings. The normalized spacial score (nSPS) is 11.5. The molecule has 3 nitrogen and oxygen atoms in total. The molecular formula is C28H34O3. The van der Waals surface area contributed by atoms with Gasteiger partial charge in [0.15, 0.2) is 0 Å². The van der Waals surface area contributed by atoms with Crippen molar-refractivity contribution in [1.82, 2.24) is 0 Å². The molecular weight excluding hydrogens is 384 g/mol. The van der Waals surface area contributed by atoms with Gasteiger partial charge in [-0.05, 0) is 42.9 Å². The van der Waals surface area contributed by atoms with Crippen molar-refractivity contribution in [2.24, 2.45) is 0 Å². The summed E-state index contributed by atoms with van der Waals surface area (Å²) in [6.45, 7) is 5.50. The van der Waals surface area contributed by atoms with Crippen molar-refractivity contribution in [3.05, 3.63) is 108 Å². The van der Waals surface area contributed by atoms with Crippen LogP contribution in [0.1, 0.15) is 42.9 Å². The molecule has 0 N–H and O–H groups in total. The first-order valence-corrected chi connectivity index (χ1v) is 11.3. The van der Waals surface area contributed by atoms with Crippen molar-refractivity contribution in [1.29, 1.82) is 0 Å². The highest BCUT2D eigenvalue weighted by Gasteiger charge is 2.37. The van der Waals surface area contributed by atoms with E-state index in [0.29, 0.717) is 13.2 Å². The molecule has 0 bridgehead atoms. The van der Waals surface area contributed by atoms with Crippen molar-refractivity contribution in [2.75, 3.05) is 33.0 Å². The van der Waals surface area contributed by atoms with E-state index in [4.69, 9.17) is 14.2 Å². The van der Waals surface area contributed by atoms with Gasteiger partial charge >= 0.3 is 0 Å². The standard InChI is InChI=1S/C28H34O3/c1-2-29-21-13-6-14-22-30-23-24-31-28(25-15-7-3-8-16-25,26-17-9-4-10-18-26)27-19-11-5-12-20-27/h3-5,7-12,15-20H,2,6,13-14,21-24H2,1H3. The molecule has 0 aliphatic heterocycles. The van der Waals surface area contributed by atoms with E-state index < -0.39 is 5.60 Å². The summed E-state index contributed by atoms with van der Waals surface area (Å²) in [6, 6.07) is 31.4. The van der Waals surface area contributed by atoms with Gasteiger partial charge in [-0.2, -0.15) is 0 Å². The maximum absolute atomic E-state index is 6.70. The van der Waals surface area contributed by atoms with Gasteiger partial charge in [-0.25, -0.2) is 0 Å². The van der Waals surface area contributed by atoms with E-state index >= 15 is 0 Å². The molecule has 0 radical (unpaired) electrons. The lowest BCUT2D eigenvalue weighted by Crippen LogP contribution is -2.34. The Hall–Kier alpha value is -2.46. The van der Waals surface area contributed by atoms with E-state index in [1.807, 2.05) is 25.1 Å². The molecule has 0 heterocycles. The molecule has 0 saturated heterocycles. The predicted molar refractivity (Wildman–Crippen MR) is 126 cm³/mol. The SMILES string of the molecule is CCOCCCCCOCCOC(c1ccccc1)(c1ccccc1)c1ccccc1. The van der Waals surface area contributed by atoms with Crippen LogP contribution in [0.25, 0.3) is 0 Å². The number of rotatable bonds is 14. The van der Waals surface area contributed by atoms with Crippen LogP contribution in [0.2, 0.25) is 0 Å². The number of benzene rings is 3. The summed E-state index contributed by atoms with van der Waals surface area (Å²) in [5.74, 6) is 0. The highest BCUT2D eigenvalue weighted by atomic mass is 16.5. The van der Waals surface area contributed by atoms with Crippen LogP contribution in [0, 0.1) is 0 Å². The molecule has 164 valence electrons. The lowest BCUT2D eigenvalue weighted by molar-refractivity contribution is -0.0243. The van der Waals surface area contributed by atoms with Crippen molar-refractivity contribution >= 4 is 0 Å². The van der Waals surface area contributed by atoms with Gasteiger partial charge < -0.3 is 14.2 Å². The average molecular weight is 419 g/mol. The molecule has 0 aromatic heterocycles. The Balaban J connectivity index is 1.70. The summed E-state index contributed by atoms with van der Waals surface area (Å²) in [5, 5.41) is 0. The molecule has 0 spiro atoms. The Morgan fingerprint density at radius 1 is 0.516 bits per heavy atom. The summed E-state index contributed by atoms with van der Waals surface area (Å²) in [6.07, 6.45) is 3.27. The smallest absolute Gasteiger partial charge is 0.143 e. The zero-order valence-corrected chi connectivity index (χ0v) is 18.5. The minimum absolute atomic E-state index is 0.512. The predicted octanol–water partition coefficient (Wildman–Crippen LogP) is 6.22. The maximum atomic E-state index is 6.70. The zero-order valence-electron chi connectivity index (χ0n) is 18.5. The first kappa shape index (κ1) is 23.2. The molecule has 0 aliphatic carbocycles. The lowest BCUT2D eigenvalue weighted by atomic mass is 9.80. The fourth-order valence-electron chi connectivity index (χ4n) is 3.85. The van der Waals surface area contributed by atoms with Crippen LogP contribution in [0.4, 0.5) is 0 Å². The van der Waals surface area contributed by atoms with Crippen LogP contribution >= 0.6 is 0 Å². The van der Waals surface area contributed by atoms with Gasteiger partial charge in [0.05, 0.1) is 13.2 Å². The quantitative estimate of drug-likeness (QED) is 0.230. The molecule has 3 aromatic carbocycles. The van der Waals surface area contributed by atoms with E-state index in [-0.39, 0.29) is 0 Å². The van der Waals surface area contributed by atoms with Gasteiger partial charge in [0, 0.05) is 19.8 Å². The third-order valence-electron chi connectivity index (χ3n) is 5.37. The van der Waals surface area contributed by atoms with Crippen LogP contribution in [-0.2, 0) is 19.8 Å². The zero-order chi connectivity index (χ0) is 21.6. The number of hydrogen-bond acceptors (Lipinski definition) is 3. The van der Waals surface area contributed by atoms with Gasteiger partial charge in [0.2, 0.25) is 0 Å². The molecule has 0 amide bonds. The first-order valence-electron chi connectivity index (χ1n) is 11.3. The molecule has 0 unspecified atom stereocenters. The molecule has 0 saturated carbocycles. The van der Waals surface area contributed by atoms with Crippen LogP contribution in [-0.4, -0.2) is 33.0 Å². The topological polar surface area (TPSA) is 27.7 Å². The van der Waals surface area contributed by atoms with E-state index in [1.165, 1.54) is 0 Å². The third-order valence-corrected chi connectivity index (χ3v) is 5.37. The van der Waals surface area contributed by atoms with Crippen LogP contribution in [0.5, 0.6) is 0 Å². The Bertz CT molecular complexity index is 737. The van der Waals surface area contributed by atoms with Gasteiger partial charge in [-0.15, -0.1) is 0 Å². The fourth-order valence-corrected chi connectivity index (χ4v) is 3.85. The van der Waals surface area contributed by atoms with E-state index in [2.05, 4.69) is 72.8 Å². The fraction of sp³-hybridized carbons (Fsp3) is 0.357. The van der Waals surface area contributed by atoms with Crippen LogP contribution in [0.15, 0.2) is 91.0 Å². The molecule has 31 heavy (non-hydrogen) atoms. The molecule has 0 atom stereocenters. The molecule has 0 aliphatic rings. The van der Waals surface area contributed by atoms with Crippen molar-refractivity contribution in [3.8, 4) is 0 Å². The maximum Gasteiger partial charge on any atom is 0.143 e. The Labute approximate surface area is 187 Å². The van der Waals surface area contributed by atoms with Gasteiger partial charge in [0.25, 0.3) is 0 Å². The minimum Gasteiger partial charge on any atom is -0.382 e. The average Bonchev–Trinajstić information content (AvgIpc) is 2.84. The second-order valence-electron chi connectivity index (χ2n) is 7.50. The van der Waals surface area contributed by atoms with Crippen LogP contribution in [0.3, 0.4) is 0 Å². The highest BCUT2D eigenvalue weighted by molar-refractivity contribution is 5.47. The third kappa shape index (κ3) is 6.51. The summed E-state index contributed by atoms with van der Waals surface area (Å²) in [7, 11) is 0. The molecule has 3 heteroatoms. The van der Waals surface area contributed by atoms with E-state index in [0.717, 1.165) is 55.8 Å². The van der Waals surface area contributed by atoms with Crippen molar-refractivity contribution in [3.63, 3.8) is 0 Å². The molecule has 0 fully saturated rings. The summed E-state index contributed by atoms with van der Waals surface area (Å²) >= 11 is 0. The number of hydrogen-bond donors (Lipinski definition) is 0. The van der Waals surface area contributed by atoms with Gasteiger partial charge in [-0.3, -0.25) is 0 Å². The lowest BCUT2D eigenvalue weighted by Gasteiger charge is -2.36. The van der Waals surface area contributed by atoms with Gasteiger partial charge in [-0.1, -0.05) is 91.0 Å². The number of ether oxygens (including phenoxy) is 3. The monoisotopic (exact) mass is 418 g/mol. The Morgan fingerprint density at radius 3 is 1.42 bits per heavy atom.